The number of rotatable bonds is 0. The van der Waals surface area contributed by atoms with E-state index in [2.05, 4.69) is 36.2 Å². The number of H-pyrrole nitrogens is 1. The zero-order chi connectivity index (χ0) is 12.1. The van der Waals surface area contributed by atoms with Crippen molar-refractivity contribution in [2.75, 3.05) is 0 Å². The molecular formula is C16H16N2. The summed E-state index contributed by atoms with van der Waals surface area (Å²) in [5.41, 5.74) is 7.59. The first-order valence-electron chi connectivity index (χ1n) is 6.72. The number of fused-ring (bicyclic) bond motifs is 4. The Morgan fingerprint density at radius 1 is 1.06 bits per heavy atom. The van der Waals surface area contributed by atoms with E-state index in [1.807, 2.05) is 0 Å². The Hall–Kier alpha value is -1.83. The molecule has 18 heavy (non-hydrogen) atoms. The topological polar surface area (TPSA) is 28.7 Å². The fraction of sp³-hybridized carbons (Fsp3) is 0.312. The van der Waals surface area contributed by atoms with Gasteiger partial charge in [0, 0.05) is 16.6 Å². The van der Waals surface area contributed by atoms with Crippen LogP contribution in [0.5, 0.6) is 0 Å². The highest BCUT2D eigenvalue weighted by Crippen LogP contribution is 2.29. The molecule has 1 aromatic carbocycles. The number of nitrogens with zero attached hydrogens (tertiary/aromatic N) is 1. The fourth-order valence-electron chi connectivity index (χ4n) is 3.05. The molecule has 2 heteroatoms. The van der Waals surface area contributed by atoms with Crippen molar-refractivity contribution in [3.8, 4) is 0 Å². The molecule has 0 fully saturated rings. The van der Waals surface area contributed by atoms with Gasteiger partial charge >= 0.3 is 0 Å². The van der Waals surface area contributed by atoms with E-state index in [4.69, 9.17) is 4.98 Å². The predicted octanol–water partition coefficient (Wildman–Crippen LogP) is 3.90. The summed E-state index contributed by atoms with van der Waals surface area (Å²) in [7, 11) is 0. The second-order valence-corrected chi connectivity index (χ2v) is 5.37. The van der Waals surface area contributed by atoms with E-state index in [0.29, 0.717) is 0 Å². The molecule has 1 aliphatic carbocycles. The lowest BCUT2D eigenvalue weighted by molar-refractivity contribution is 0.671. The van der Waals surface area contributed by atoms with E-state index in [1.165, 1.54) is 52.5 Å². The Kier molecular flexibility index (Phi) is 2.01. The van der Waals surface area contributed by atoms with Crippen LogP contribution in [0.15, 0.2) is 24.3 Å². The molecule has 0 bridgehead atoms. The zero-order valence-electron chi connectivity index (χ0n) is 10.6. The van der Waals surface area contributed by atoms with Crippen molar-refractivity contribution in [3.63, 3.8) is 0 Å². The standard InChI is InChI=1S/C16H16N2/c1-10-6-7-12-14(8-10)17-15-9-11-4-2-3-5-13(11)18-16(12)15/h6-9,17H,2-5H2,1H3. The third-order valence-corrected chi connectivity index (χ3v) is 4.00. The summed E-state index contributed by atoms with van der Waals surface area (Å²) >= 11 is 0. The van der Waals surface area contributed by atoms with Crippen molar-refractivity contribution in [1.29, 1.82) is 0 Å². The van der Waals surface area contributed by atoms with Crippen LogP contribution in [-0.2, 0) is 12.8 Å². The number of hydrogen-bond donors (Lipinski definition) is 1. The molecule has 1 aliphatic rings. The van der Waals surface area contributed by atoms with Crippen molar-refractivity contribution < 1.29 is 0 Å². The van der Waals surface area contributed by atoms with Gasteiger partial charge in [0.1, 0.15) is 0 Å². The maximum Gasteiger partial charge on any atom is 0.0961 e. The summed E-state index contributed by atoms with van der Waals surface area (Å²) < 4.78 is 0. The summed E-state index contributed by atoms with van der Waals surface area (Å²) in [5, 5.41) is 1.25. The van der Waals surface area contributed by atoms with Gasteiger partial charge in [-0.1, -0.05) is 12.1 Å². The molecule has 2 nitrogen and oxygen atoms in total. The van der Waals surface area contributed by atoms with Crippen LogP contribution in [0.3, 0.4) is 0 Å². The van der Waals surface area contributed by atoms with Gasteiger partial charge in [-0.25, -0.2) is 0 Å². The summed E-state index contributed by atoms with van der Waals surface area (Å²) in [5.74, 6) is 0. The van der Waals surface area contributed by atoms with Crippen LogP contribution in [0, 0.1) is 6.92 Å². The fourth-order valence-corrected chi connectivity index (χ4v) is 3.05. The van der Waals surface area contributed by atoms with E-state index in [0.717, 1.165) is 11.9 Å². The second kappa shape index (κ2) is 3.58. The van der Waals surface area contributed by atoms with Crippen molar-refractivity contribution >= 4 is 21.9 Å². The third-order valence-electron chi connectivity index (χ3n) is 4.00. The minimum Gasteiger partial charge on any atom is -0.353 e. The number of aryl methyl sites for hydroxylation is 3. The lowest BCUT2D eigenvalue weighted by Crippen LogP contribution is -2.04. The Balaban J connectivity index is 2.09. The summed E-state index contributed by atoms with van der Waals surface area (Å²) in [6.07, 6.45) is 4.92. The van der Waals surface area contributed by atoms with Gasteiger partial charge in [-0.15, -0.1) is 0 Å². The second-order valence-electron chi connectivity index (χ2n) is 5.37. The van der Waals surface area contributed by atoms with E-state index >= 15 is 0 Å². The largest absolute Gasteiger partial charge is 0.353 e. The Bertz CT molecular complexity index is 752. The molecule has 2 heterocycles. The molecule has 1 N–H and O–H groups in total. The highest BCUT2D eigenvalue weighted by Gasteiger charge is 2.14. The quantitative estimate of drug-likeness (QED) is 0.630. The van der Waals surface area contributed by atoms with Crippen LogP contribution in [-0.4, -0.2) is 9.97 Å². The first kappa shape index (κ1) is 10.1. The number of aromatic amines is 1. The zero-order valence-corrected chi connectivity index (χ0v) is 10.6. The summed E-state index contributed by atoms with van der Waals surface area (Å²) in [6.45, 7) is 2.13. The average molecular weight is 236 g/mol. The number of aromatic nitrogens is 2. The average Bonchev–Trinajstić information content (AvgIpc) is 2.72. The molecule has 0 aliphatic heterocycles. The minimum atomic E-state index is 1.14. The normalized spacial score (nSPS) is 15.2. The van der Waals surface area contributed by atoms with Gasteiger partial charge in [-0.3, -0.25) is 4.98 Å². The van der Waals surface area contributed by atoms with Crippen LogP contribution in [0.1, 0.15) is 29.7 Å². The van der Waals surface area contributed by atoms with Crippen molar-refractivity contribution in [1.82, 2.24) is 9.97 Å². The maximum atomic E-state index is 4.90. The predicted molar refractivity (Wildman–Crippen MR) is 75.0 cm³/mol. The van der Waals surface area contributed by atoms with Gasteiger partial charge in [0.25, 0.3) is 0 Å². The highest BCUT2D eigenvalue weighted by molar-refractivity contribution is 6.05. The van der Waals surface area contributed by atoms with Crippen LogP contribution < -0.4 is 0 Å². The van der Waals surface area contributed by atoms with Crippen molar-refractivity contribution in [3.05, 3.63) is 41.1 Å². The maximum absolute atomic E-state index is 4.90. The third kappa shape index (κ3) is 1.38. The van der Waals surface area contributed by atoms with Gasteiger partial charge in [0.15, 0.2) is 0 Å². The molecule has 0 amide bonds. The van der Waals surface area contributed by atoms with Gasteiger partial charge in [-0.05, 0) is 55.9 Å². The molecule has 0 saturated carbocycles. The molecule has 0 spiro atoms. The SMILES string of the molecule is Cc1ccc2c(c1)[nH]c1cc3c(nc12)CCCC3. The summed E-state index contributed by atoms with van der Waals surface area (Å²) in [4.78, 5) is 8.41. The van der Waals surface area contributed by atoms with Crippen LogP contribution in [0.4, 0.5) is 0 Å². The van der Waals surface area contributed by atoms with Crippen molar-refractivity contribution in [2.45, 2.75) is 32.6 Å². The van der Waals surface area contributed by atoms with E-state index in [1.54, 1.807) is 0 Å². The Morgan fingerprint density at radius 3 is 2.89 bits per heavy atom. The molecule has 0 radical (unpaired) electrons. The minimum absolute atomic E-state index is 1.14. The highest BCUT2D eigenvalue weighted by atomic mass is 14.8. The monoisotopic (exact) mass is 236 g/mol. The first-order chi connectivity index (χ1) is 8.81. The molecule has 2 aromatic heterocycles. The van der Waals surface area contributed by atoms with Crippen LogP contribution >= 0.6 is 0 Å². The van der Waals surface area contributed by atoms with E-state index in [9.17, 15) is 0 Å². The summed E-state index contributed by atoms with van der Waals surface area (Å²) in [6, 6.07) is 8.87. The lowest BCUT2D eigenvalue weighted by atomic mass is 9.96. The molecule has 90 valence electrons. The van der Waals surface area contributed by atoms with Crippen LogP contribution in [0.2, 0.25) is 0 Å². The first-order valence-corrected chi connectivity index (χ1v) is 6.72. The van der Waals surface area contributed by atoms with Gasteiger partial charge in [0.2, 0.25) is 0 Å². The number of benzene rings is 1. The number of hydrogen-bond acceptors (Lipinski definition) is 1. The molecule has 0 unspecified atom stereocenters. The van der Waals surface area contributed by atoms with E-state index in [-0.39, 0.29) is 0 Å². The molecule has 3 aromatic rings. The van der Waals surface area contributed by atoms with Gasteiger partial charge < -0.3 is 4.98 Å². The Morgan fingerprint density at radius 2 is 1.94 bits per heavy atom. The lowest BCUT2D eigenvalue weighted by Gasteiger charge is -2.14. The molecule has 0 saturated heterocycles. The number of pyridine rings is 1. The van der Waals surface area contributed by atoms with Gasteiger partial charge in [0.05, 0.1) is 11.0 Å². The molecular weight excluding hydrogens is 220 g/mol. The van der Waals surface area contributed by atoms with Crippen molar-refractivity contribution in [2.24, 2.45) is 0 Å². The number of nitrogens with one attached hydrogen (secondary N) is 1. The van der Waals surface area contributed by atoms with E-state index < -0.39 is 0 Å². The van der Waals surface area contributed by atoms with Crippen LogP contribution in [0.25, 0.3) is 21.9 Å². The van der Waals surface area contributed by atoms with Gasteiger partial charge in [-0.2, -0.15) is 0 Å². The molecule has 0 atom stereocenters. The Labute approximate surface area is 106 Å². The smallest absolute Gasteiger partial charge is 0.0961 e. The molecule has 4 rings (SSSR count).